The van der Waals surface area contributed by atoms with Gasteiger partial charge in [0.15, 0.2) is 0 Å². The average molecular weight is 333 g/mol. The molecule has 1 amide bonds. The average Bonchev–Trinajstić information content (AvgIpc) is 3.23. The number of nitrogens with zero attached hydrogens (tertiary/aromatic N) is 3. The molecular weight excluding hydrogens is 310 g/mol. The molecule has 3 rings (SSSR count). The number of amides is 1. The third-order valence-corrected chi connectivity index (χ3v) is 5.11. The van der Waals surface area contributed by atoms with Crippen molar-refractivity contribution in [2.45, 2.75) is 52.0 Å². The van der Waals surface area contributed by atoms with Crippen LogP contribution in [-0.4, -0.2) is 33.6 Å². The highest BCUT2D eigenvalue weighted by Gasteiger charge is 2.28. The molecule has 5 nitrogen and oxygen atoms in total. The largest absolute Gasteiger partial charge is 0.421 e. The van der Waals surface area contributed by atoms with Gasteiger partial charge in [0, 0.05) is 36.4 Å². The molecule has 1 saturated heterocycles. The van der Waals surface area contributed by atoms with E-state index in [1.54, 1.807) is 11.3 Å². The molecule has 1 aliphatic rings. The monoisotopic (exact) mass is 333 g/mol. The van der Waals surface area contributed by atoms with E-state index in [0.29, 0.717) is 36.6 Å². The molecular formula is C17H23N3O2S. The maximum atomic E-state index is 12.6. The zero-order valence-electron chi connectivity index (χ0n) is 13.7. The summed E-state index contributed by atoms with van der Waals surface area (Å²) in [5, 5.41) is 12.1. The first-order valence-electron chi connectivity index (χ1n) is 8.29. The van der Waals surface area contributed by atoms with E-state index < -0.39 is 0 Å². The van der Waals surface area contributed by atoms with Gasteiger partial charge in [0.25, 0.3) is 0 Å². The third-order valence-electron chi connectivity index (χ3n) is 4.43. The first kappa shape index (κ1) is 16.2. The summed E-state index contributed by atoms with van der Waals surface area (Å²) in [5.41, 5.74) is 0.941. The second-order valence-corrected chi connectivity index (χ2v) is 7.19. The molecule has 6 heteroatoms. The molecule has 1 atom stereocenters. The van der Waals surface area contributed by atoms with E-state index >= 15 is 0 Å². The minimum absolute atomic E-state index is 0.207. The molecule has 124 valence electrons. The summed E-state index contributed by atoms with van der Waals surface area (Å²) in [6, 6.07) is 2.33. The van der Waals surface area contributed by atoms with Crippen LogP contribution in [0.5, 0.6) is 0 Å². The SMILES string of the molecule is CC(C)[C@H]1CCCCN1C(=O)CCc1nnc(-c2ccsc2)o1. The van der Waals surface area contributed by atoms with E-state index in [1.165, 1.54) is 6.42 Å². The number of aryl methyl sites for hydroxylation is 1. The maximum absolute atomic E-state index is 12.6. The van der Waals surface area contributed by atoms with Gasteiger partial charge in [-0.05, 0) is 36.6 Å². The lowest BCUT2D eigenvalue weighted by Gasteiger charge is -2.38. The van der Waals surface area contributed by atoms with Crippen LogP contribution in [0.25, 0.3) is 11.5 Å². The molecule has 0 N–H and O–H groups in total. The van der Waals surface area contributed by atoms with Gasteiger partial charge in [0.2, 0.25) is 17.7 Å². The molecule has 23 heavy (non-hydrogen) atoms. The van der Waals surface area contributed by atoms with Crippen LogP contribution >= 0.6 is 11.3 Å². The minimum Gasteiger partial charge on any atom is -0.421 e. The number of rotatable bonds is 5. The minimum atomic E-state index is 0.207. The molecule has 0 unspecified atom stereocenters. The Hall–Kier alpha value is -1.69. The first-order valence-corrected chi connectivity index (χ1v) is 9.24. The van der Waals surface area contributed by atoms with Gasteiger partial charge < -0.3 is 9.32 Å². The molecule has 0 aliphatic carbocycles. The van der Waals surface area contributed by atoms with Gasteiger partial charge >= 0.3 is 0 Å². The summed E-state index contributed by atoms with van der Waals surface area (Å²) < 4.78 is 5.65. The van der Waals surface area contributed by atoms with Gasteiger partial charge in [-0.25, -0.2) is 0 Å². The third kappa shape index (κ3) is 3.80. The van der Waals surface area contributed by atoms with E-state index in [1.807, 2.05) is 16.8 Å². The Morgan fingerprint density at radius 2 is 2.30 bits per heavy atom. The van der Waals surface area contributed by atoms with Crippen molar-refractivity contribution in [3.63, 3.8) is 0 Å². The van der Waals surface area contributed by atoms with Crippen LogP contribution in [0, 0.1) is 5.92 Å². The number of carbonyl (C=O) groups is 1. The number of aromatic nitrogens is 2. The normalized spacial score (nSPS) is 18.6. The molecule has 0 spiro atoms. The molecule has 2 aromatic heterocycles. The zero-order chi connectivity index (χ0) is 16.2. The van der Waals surface area contributed by atoms with Crippen molar-refractivity contribution in [3.05, 3.63) is 22.7 Å². The van der Waals surface area contributed by atoms with Crippen molar-refractivity contribution in [1.82, 2.24) is 15.1 Å². The second kappa shape index (κ2) is 7.25. The molecule has 0 aromatic carbocycles. The van der Waals surface area contributed by atoms with Crippen LogP contribution in [0.3, 0.4) is 0 Å². The van der Waals surface area contributed by atoms with Crippen molar-refractivity contribution in [3.8, 4) is 11.5 Å². The topological polar surface area (TPSA) is 59.2 Å². The van der Waals surface area contributed by atoms with Crippen LogP contribution in [0.2, 0.25) is 0 Å². The maximum Gasteiger partial charge on any atom is 0.248 e. The lowest BCUT2D eigenvalue weighted by Crippen LogP contribution is -2.46. The van der Waals surface area contributed by atoms with E-state index in [-0.39, 0.29) is 5.91 Å². The summed E-state index contributed by atoms with van der Waals surface area (Å²) in [7, 11) is 0. The Labute approximate surface area is 140 Å². The summed E-state index contributed by atoms with van der Waals surface area (Å²) in [5.74, 6) is 1.79. The Bertz CT molecular complexity index is 636. The van der Waals surface area contributed by atoms with Gasteiger partial charge in [0.1, 0.15) is 0 Å². The highest BCUT2D eigenvalue weighted by Crippen LogP contribution is 2.25. The highest BCUT2D eigenvalue weighted by atomic mass is 32.1. The second-order valence-electron chi connectivity index (χ2n) is 6.41. The van der Waals surface area contributed by atoms with Crippen LogP contribution in [0.15, 0.2) is 21.2 Å². The number of piperidine rings is 1. The molecule has 0 bridgehead atoms. The Morgan fingerprint density at radius 1 is 1.43 bits per heavy atom. The molecule has 3 heterocycles. The Balaban J connectivity index is 1.58. The Morgan fingerprint density at radius 3 is 3.04 bits per heavy atom. The van der Waals surface area contributed by atoms with Crippen LogP contribution in [0.1, 0.15) is 45.4 Å². The zero-order valence-corrected chi connectivity index (χ0v) is 14.5. The quantitative estimate of drug-likeness (QED) is 0.836. The molecule has 0 radical (unpaired) electrons. The summed E-state index contributed by atoms with van der Waals surface area (Å²) in [4.78, 5) is 14.6. The predicted octanol–water partition coefficient (Wildman–Crippen LogP) is 3.77. The lowest BCUT2D eigenvalue weighted by atomic mass is 9.92. The summed E-state index contributed by atoms with van der Waals surface area (Å²) in [6.45, 7) is 5.27. The standard InChI is InChI=1S/C17H23N3O2S/c1-12(2)14-5-3-4-9-20(14)16(21)7-6-15-18-19-17(22-15)13-8-10-23-11-13/h8,10-12,14H,3-7,9H2,1-2H3/t14-/m1/s1. The predicted molar refractivity (Wildman–Crippen MR) is 90.1 cm³/mol. The van der Waals surface area contributed by atoms with Gasteiger partial charge in [-0.15, -0.1) is 10.2 Å². The van der Waals surface area contributed by atoms with Gasteiger partial charge in [-0.1, -0.05) is 13.8 Å². The highest BCUT2D eigenvalue weighted by molar-refractivity contribution is 7.08. The molecule has 0 saturated carbocycles. The fourth-order valence-corrected chi connectivity index (χ4v) is 3.80. The van der Waals surface area contributed by atoms with E-state index in [2.05, 4.69) is 28.9 Å². The summed E-state index contributed by atoms with van der Waals surface area (Å²) >= 11 is 1.60. The number of carbonyl (C=O) groups excluding carboxylic acids is 1. The van der Waals surface area contributed by atoms with E-state index in [4.69, 9.17) is 4.42 Å². The number of hydrogen-bond acceptors (Lipinski definition) is 5. The van der Waals surface area contributed by atoms with Crippen LogP contribution in [-0.2, 0) is 11.2 Å². The number of hydrogen-bond donors (Lipinski definition) is 0. The van der Waals surface area contributed by atoms with Crippen molar-refractivity contribution in [2.24, 2.45) is 5.92 Å². The van der Waals surface area contributed by atoms with Gasteiger partial charge in [-0.3, -0.25) is 4.79 Å². The Kier molecular flexibility index (Phi) is 5.10. The van der Waals surface area contributed by atoms with Crippen molar-refractivity contribution in [1.29, 1.82) is 0 Å². The van der Waals surface area contributed by atoms with Crippen LogP contribution < -0.4 is 0 Å². The smallest absolute Gasteiger partial charge is 0.248 e. The van der Waals surface area contributed by atoms with Gasteiger partial charge in [0.05, 0.1) is 0 Å². The van der Waals surface area contributed by atoms with Crippen molar-refractivity contribution < 1.29 is 9.21 Å². The first-order chi connectivity index (χ1) is 11.1. The van der Waals surface area contributed by atoms with E-state index in [9.17, 15) is 4.79 Å². The van der Waals surface area contributed by atoms with Crippen molar-refractivity contribution in [2.75, 3.05) is 6.54 Å². The van der Waals surface area contributed by atoms with Crippen molar-refractivity contribution >= 4 is 17.2 Å². The fraction of sp³-hybridized carbons (Fsp3) is 0.588. The summed E-state index contributed by atoms with van der Waals surface area (Å²) in [6.07, 6.45) is 4.40. The fourth-order valence-electron chi connectivity index (χ4n) is 3.18. The number of likely N-dealkylation sites (tertiary alicyclic amines) is 1. The lowest BCUT2D eigenvalue weighted by molar-refractivity contribution is -0.136. The van der Waals surface area contributed by atoms with Gasteiger partial charge in [-0.2, -0.15) is 11.3 Å². The molecule has 2 aromatic rings. The van der Waals surface area contributed by atoms with E-state index in [0.717, 1.165) is 24.9 Å². The molecule has 1 aliphatic heterocycles. The molecule has 1 fully saturated rings. The number of thiophene rings is 1. The van der Waals surface area contributed by atoms with Crippen LogP contribution in [0.4, 0.5) is 0 Å².